The van der Waals surface area contributed by atoms with Gasteiger partial charge in [0.05, 0.1) is 12.6 Å². The number of nitrogens with one attached hydrogen (secondary N) is 1. The zero-order chi connectivity index (χ0) is 25.9. The molecule has 10 heteroatoms. The van der Waals surface area contributed by atoms with Gasteiger partial charge >= 0.3 is 5.97 Å². The van der Waals surface area contributed by atoms with E-state index in [4.69, 9.17) is 19.3 Å². The SMILES string of the molecule is O=C(O)CC1SC(=NN=Cc2cccc(OCCOc3ccc(OCc4ccccc4)cc3)c2)NC1=O. The van der Waals surface area contributed by atoms with E-state index in [0.717, 1.165) is 34.4 Å². The summed E-state index contributed by atoms with van der Waals surface area (Å²) in [6.45, 7) is 1.22. The second-order valence-corrected chi connectivity index (χ2v) is 9.05. The first-order chi connectivity index (χ1) is 18.0. The first kappa shape index (κ1) is 25.8. The molecule has 1 fully saturated rings. The minimum Gasteiger partial charge on any atom is -0.490 e. The molecule has 190 valence electrons. The number of carboxylic acid groups (broad SMARTS) is 1. The first-order valence-corrected chi connectivity index (χ1v) is 12.4. The van der Waals surface area contributed by atoms with Crippen LogP contribution >= 0.6 is 11.8 Å². The van der Waals surface area contributed by atoms with Crippen molar-refractivity contribution in [1.29, 1.82) is 0 Å². The van der Waals surface area contributed by atoms with Crippen LogP contribution in [0, 0.1) is 0 Å². The van der Waals surface area contributed by atoms with Gasteiger partial charge in [0.15, 0.2) is 5.17 Å². The van der Waals surface area contributed by atoms with Crippen molar-refractivity contribution in [1.82, 2.24) is 5.32 Å². The molecule has 3 aromatic carbocycles. The maximum absolute atomic E-state index is 11.7. The summed E-state index contributed by atoms with van der Waals surface area (Å²) in [5.74, 6) is 0.714. The molecule has 0 spiro atoms. The molecule has 1 aliphatic rings. The van der Waals surface area contributed by atoms with Crippen LogP contribution in [0.25, 0.3) is 0 Å². The number of rotatable bonds is 12. The van der Waals surface area contributed by atoms with Crippen molar-refractivity contribution in [2.45, 2.75) is 18.3 Å². The second kappa shape index (κ2) is 13.1. The quantitative estimate of drug-likeness (QED) is 0.210. The van der Waals surface area contributed by atoms with Gasteiger partial charge < -0.3 is 24.6 Å². The van der Waals surface area contributed by atoms with E-state index >= 15 is 0 Å². The number of ether oxygens (including phenoxy) is 3. The molecule has 0 radical (unpaired) electrons. The minimum atomic E-state index is -1.04. The first-order valence-electron chi connectivity index (χ1n) is 11.5. The predicted octanol–water partition coefficient (Wildman–Crippen LogP) is 4.12. The van der Waals surface area contributed by atoms with E-state index in [1.54, 1.807) is 6.07 Å². The van der Waals surface area contributed by atoms with E-state index in [-0.39, 0.29) is 17.5 Å². The van der Waals surface area contributed by atoms with Gasteiger partial charge in [-0.1, -0.05) is 54.2 Å². The summed E-state index contributed by atoms with van der Waals surface area (Å²) in [6, 6.07) is 24.7. The number of carbonyl (C=O) groups is 2. The van der Waals surface area contributed by atoms with Crippen molar-refractivity contribution in [3.8, 4) is 17.2 Å². The van der Waals surface area contributed by atoms with E-state index in [1.807, 2.05) is 72.8 Å². The molecule has 1 aliphatic heterocycles. The summed E-state index contributed by atoms with van der Waals surface area (Å²) in [5.41, 5.74) is 1.86. The maximum atomic E-state index is 11.7. The lowest BCUT2D eigenvalue weighted by atomic mass is 10.2. The molecule has 0 saturated carbocycles. The number of aliphatic carboxylic acids is 1. The number of hydrogen-bond donors (Lipinski definition) is 2. The van der Waals surface area contributed by atoms with Crippen molar-refractivity contribution in [3.63, 3.8) is 0 Å². The lowest BCUT2D eigenvalue weighted by molar-refractivity contribution is -0.138. The minimum absolute atomic E-state index is 0.267. The van der Waals surface area contributed by atoms with Gasteiger partial charge in [0, 0.05) is 0 Å². The zero-order valence-electron chi connectivity index (χ0n) is 19.8. The topological polar surface area (TPSA) is 119 Å². The fourth-order valence-corrected chi connectivity index (χ4v) is 4.18. The number of benzene rings is 3. The summed E-state index contributed by atoms with van der Waals surface area (Å²) < 4.78 is 17.3. The van der Waals surface area contributed by atoms with E-state index in [9.17, 15) is 9.59 Å². The normalized spacial score (nSPS) is 16.1. The molecule has 0 aromatic heterocycles. The van der Waals surface area contributed by atoms with Gasteiger partial charge in [-0.15, -0.1) is 5.10 Å². The lowest BCUT2D eigenvalue weighted by Gasteiger charge is -2.10. The van der Waals surface area contributed by atoms with Crippen LogP contribution in [-0.4, -0.2) is 46.8 Å². The Morgan fingerprint density at radius 1 is 0.919 bits per heavy atom. The molecule has 9 nitrogen and oxygen atoms in total. The molecule has 1 heterocycles. The maximum Gasteiger partial charge on any atom is 0.305 e. The molecule has 3 aromatic rings. The number of amides is 1. The molecule has 1 unspecified atom stereocenters. The highest BCUT2D eigenvalue weighted by Crippen LogP contribution is 2.22. The zero-order valence-corrected chi connectivity index (χ0v) is 20.6. The highest BCUT2D eigenvalue weighted by molar-refractivity contribution is 8.15. The average Bonchev–Trinajstić information content (AvgIpc) is 3.25. The van der Waals surface area contributed by atoms with E-state index in [1.165, 1.54) is 6.21 Å². The number of nitrogens with zero attached hydrogens (tertiary/aromatic N) is 2. The summed E-state index contributed by atoms with van der Waals surface area (Å²) in [7, 11) is 0. The number of thioether (sulfide) groups is 1. The van der Waals surface area contributed by atoms with Gasteiger partial charge in [-0.2, -0.15) is 5.10 Å². The molecular formula is C27H25N3O6S. The summed E-state index contributed by atoms with van der Waals surface area (Å²) in [4.78, 5) is 22.5. The fourth-order valence-electron chi connectivity index (χ4n) is 3.27. The van der Waals surface area contributed by atoms with Crippen LogP contribution in [-0.2, 0) is 16.2 Å². The molecule has 2 N–H and O–H groups in total. The molecule has 4 rings (SSSR count). The summed E-state index contributed by atoms with van der Waals surface area (Å²) in [6.07, 6.45) is 1.26. The third kappa shape index (κ3) is 8.39. The Balaban J connectivity index is 1.18. The monoisotopic (exact) mass is 519 g/mol. The van der Waals surface area contributed by atoms with Crippen LogP contribution < -0.4 is 19.5 Å². The van der Waals surface area contributed by atoms with E-state index < -0.39 is 11.2 Å². The van der Waals surface area contributed by atoms with Gasteiger partial charge in [-0.05, 0) is 47.5 Å². The third-order valence-corrected chi connectivity index (χ3v) is 6.12. The Labute approximate surface area is 218 Å². The summed E-state index contributed by atoms with van der Waals surface area (Å²) in [5, 5.41) is 18.9. The number of amidine groups is 1. The molecule has 0 bridgehead atoms. The Hall–Kier alpha value is -4.31. The molecule has 37 heavy (non-hydrogen) atoms. The van der Waals surface area contributed by atoms with Crippen LogP contribution in [0.5, 0.6) is 17.2 Å². The molecular weight excluding hydrogens is 494 g/mol. The van der Waals surface area contributed by atoms with Crippen molar-refractivity contribution in [3.05, 3.63) is 90.0 Å². The van der Waals surface area contributed by atoms with Gasteiger partial charge in [0.1, 0.15) is 42.3 Å². The molecule has 1 amide bonds. The Bertz CT molecular complexity index is 1260. The van der Waals surface area contributed by atoms with Crippen LogP contribution in [0.4, 0.5) is 0 Å². The number of carboxylic acids is 1. The van der Waals surface area contributed by atoms with Gasteiger partial charge in [-0.3, -0.25) is 9.59 Å². The van der Waals surface area contributed by atoms with Gasteiger partial charge in [0.25, 0.3) is 0 Å². The van der Waals surface area contributed by atoms with Crippen LogP contribution in [0.1, 0.15) is 17.5 Å². The van der Waals surface area contributed by atoms with E-state index in [2.05, 4.69) is 15.5 Å². The largest absolute Gasteiger partial charge is 0.490 e. The van der Waals surface area contributed by atoms with Gasteiger partial charge in [0.2, 0.25) is 5.91 Å². The highest BCUT2D eigenvalue weighted by Gasteiger charge is 2.32. The number of carbonyl (C=O) groups excluding carboxylic acids is 1. The number of hydrogen-bond acceptors (Lipinski definition) is 8. The van der Waals surface area contributed by atoms with Crippen LogP contribution in [0.2, 0.25) is 0 Å². The Morgan fingerprint density at radius 3 is 2.35 bits per heavy atom. The van der Waals surface area contributed by atoms with E-state index in [0.29, 0.717) is 25.6 Å². The molecule has 0 aliphatic carbocycles. The standard InChI is InChI=1S/C27H25N3O6S/c31-25(32)16-24-26(33)29-27(37-24)30-28-17-20-7-4-8-23(15-20)35-14-13-34-21-9-11-22(12-10-21)36-18-19-5-2-1-3-6-19/h1-12,15,17,24H,13-14,16,18H2,(H,31,32)(H,29,30,33). The van der Waals surface area contributed by atoms with Crippen LogP contribution in [0.3, 0.4) is 0 Å². The highest BCUT2D eigenvalue weighted by atomic mass is 32.2. The van der Waals surface area contributed by atoms with Gasteiger partial charge in [-0.25, -0.2) is 0 Å². The predicted molar refractivity (Wildman–Crippen MR) is 141 cm³/mol. The third-order valence-electron chi connectivity index (χ3n) is 5.04. The lowest BCUT2D eigenvalue weighted by Crippen LogP contribution is -2.26. The Kier molecular flexibility index (Phi) is 9.14. The Morgan fingerprint density at radius 2 is 1.62 bits per heavy atom. The van der Waals surface area contributed by atoms with Crippen molar-refractivity contribution in [2.75, 3.05) is 13.2 Å². The molecule has 1 atom stereocenters. The second-order valence-electron chi connectivity index (χ2n) is 7.86. The summed E-state index contributed by atoms with van der Waals surface area (Å²) >= 11 is 1.05. The fraction of sp³-hybridized carbons (Fsp3) is 0.185. The van der Waals surface area contributed by atoms with Crippen molar-refractivity contribution in [2.24, 2.45) is 10.2 Å². The molecule has 1 saturated heterocycles. The smallest absolute Gasteiger partial charge is 0.305 e. The van der Waals surface area contributed by atoms with Crippen LogP contribution in [0.15, 0.2) is 89.1 Å². The van der Waals surface area contributed by atoms with Crippen molar-refractivity contribution >= 4 is 35.0 Å². The average molecular weight is 520 g/mol. The van der Waals surface area contributed by atoms with Crippen molar-refractivity contribution < 1.29 is 28.9 Å².